The Morgan fingerprint density at radius 1 is 1.48 bits per heavy atom. The summed E-state index contributed by atoms with van der Waals surface area (Å²) >= 11 is 0. The van der Waals surface area contributed by atoms with Gasteiger partial charge in [-0.2, -0.15) is 0 Å². The van der Waals surface area contributed by atoms with Crippen molar-refractivity contribution in [3.05, 3.63) is 23.9 Å². The molecule has 1 N–H and O–H groups in total. The van der Waals surface area contributed by atoms with Crippen molar-refractivity contribution < 1.29 is 9.47 Å². The number of pyridine rings is 1. The standard InChI is InChI=1S/C16H26N4O2.HI/c1-17-16(20(2)9-10-22-12-13-6-7-13)19-11-14-5-4-8-18-15(14)21-3;/h4-5,8,13H,6-7,9-12H2,1-3H3,(H,17,19);1H. The van der Waals surface area contributed by atoms with E-state index >= 15 is 0 Å². The van der Waals surface area contributed by atoms with Crippen LogP contribution in [0.15, 0.2) is 23.3 Å². The van der Waals surface area contributed by atoms with Crippen LogP contribution in [0.25, 0.3) is 0 Å². The average molecular weight is 434 g/mol. The summed E-state index contributed by atoms with van der Waals surface area (Å²) in [7, 11) is 5.42. The number of aromatic nitrogens is 1. The van der Waals surface area contributed by atoms with E-state index in [2.05, 4.69) is 20.2 Å². The summed E-state index contributed by atoms with van der Waals surface area (Å²) in [6.45, 7) is 3.06. The number of ether oxygens (including phenoxy) is 2. The number of guanidine groups is 1. The van der Waals surface area contributed by atoms with Gasteiger partial charge in [0.25, 0.3) is 0 Å². The molecule has 0 saturated heterocycles. The van der Waals surface area contributed by atoms with E-state index in [-0.39, 0.29) is 24.0 Å². The van der Waals surface area contributed by atoms with Crippen LogP contribution in [0, 0.1) is 5.92 Å². The van der Waals surface area contributed by atoms with Crippen LogP contribution in [0.1, 0.15) is 18.4 Å². The number of halogens is 1. The van der Waals surface area contributed by atoms with Gasteiger partial charge in [0.1, 0.15) is 0 Å². The van der Waals surface area contributed by atoms with Crippen LogP contribution >= 0.6 is 24.0 Å². The highest BCUT2D eigenvalue weighted by atomic mass is 127. The minimum Gasteiger partial charge on any atom is -0.481 e. The smallest absolute Gasteiger partial charge is 0.218 e. The van der Waals surface area contributed by atoms with E-state index in [1.54, 1.807) is 20.4 Å². The third kappa shape index (κ3) is 6.90. The van der Waals surface area contributed by atoms with Crippen molar-refractivity contribution in [2.24, 2.45) is 10.9 Å². The van der Waals surface area contributed by atoms with Crippen molar-refractivity contribution in [2.75, 3.05) is 41.0 Å². The fourth-order valence-electron chi connectivity index (χ4n) is 2.14. The maximum atomic E-state index is 5.67. The van der Waals surface area contributed by atoms with E-state index < -0.39 is 0 Å². The van der Waals surface area contributed by atoms with Crippen molar-refractivity contribution in [1.82, 2.24) is 15.2 Å². The van der Waals surface area contributed by atoms with Crippen LogP contribution in [0.2, 0.25) is 0 Å². The second kappa shape index (κ2) is 10.6. The van der Waals surface area contributed by atoms with Crippen LogP contribution in [-0.2, 0) is 11.3 Å². The minimum absolute atomic E-state index is 0. The predicted molar refractivity (Wildman–Crippen MR) is 103 cm³/mol. The Morgan fingerprint density at radius 3 is 2.91 bits per heavy atom. The lowest BCUT2D eigenvalue weighted by molar-refractivity contribution is 0.115. The molecule has 23 heavy (non-hydrogen) atoms. The molecular weight excluding hydrogens is 407 g/mol. The molecule has 1 fully saturated rings. The van der Waals surface area contributed by atoms with Crippen molar-refractivity contribution in [1.29, 1.82) is 0 Å². The largest absolute Gasteiger partial charge is 0.481 e. The fraction of sp³-hybridized carbons (Fsp3) is 0.625. The number of nitrogens with one attached hydrogen (secondary N) is 1. The number of aliphatic imine (C=N–C) groups is 1. The zero-order valence-corrected chi connectivity index (χ0v) is 16.4. The maximum Gasteiger partial charge on any atom is 0.218 e. The Bertz CT molecular complexity index is 495. The SMILES string of the molecule is CN=C(NCc1cccnc1OC)N(C)CCOCC1CC1.I. The van der Waals surface area contributed by atoms with Gasteiger partial charge in [0, 0.05) is 45.6 Å². The lowest BCUT2D eigenvalue weighted by Gasteiger charge is -2.22. The lowest BCUT2D eigenvalue weighted by atomic mass is 10.2. The maximum absolute atomic E-state index is 5.67. The highest BCUT2D eigenvalue weighted by Gasteiger charge is 2.21. The lowest BCUT2D eigenvalue weighted by Crippen LogP contribution is -2.40. The van der Waals surface area contributed by atoms with Crippen LogP contribution in [0.3, 0.4) is 0 Å². The topological polar surface area (TPSA) is 59.0 Å². The molecule has 1 aliphatic rings. The fourth-order valence-corrected chi connectivity index (χ4v) is 2.14. The molecule has 0 spiro atoms. The van der Waals surface area contributed by atoms with Crippen molar-refractivity contribution in [2.45, 2.75) is 19.4 Å². The average Bonchev–Trinajstić information content (AvgIpc) is 3.37. The number of nitrogens with zero attached hydrogens (tertiary/aromatic N) is 3. The second-order valence-corrected chi connectivity index (χ2v) is 5.51. The van der Waals surface area contributed by atoms with Gasteiger partial charge < -0.3 is 19.7 Å². The number of rotatable bonds is 8. The van der Waals surface area contributed by atoms with E-state index in [9.17, 15) is 0 Å². The Balaban J connectivity index is 0.00000264. The molecular formula is C16H27IN4O2. The number of likely N-dealkylation sites (N-methyl/N-ethyl adjacent to an activating group) is 1. The van der Waals surface area contributed by atoms with Gasteiger partial charge in [-0.05, 0) is 24.8 Å². The molecule has 1 aliphatic carbocycles. The van der Waals surface area contributed by atoms with Gasteiger partial charge in [-0.15, -0.1) is 24.0 Å². The first-order valence-corrected chi connectivity index (χ1v) is 7.72. The Labute approximate surface area is 155 Å². The molecule has 1 aromatic rings. The number of hydrogen-bond donors (Lipinski definition) is 1. The molecule has 0 unspecified atom stereocenters. The molecule has 1 aromatic heterocycles. The van der Waals surface area contributed by atoms with Crippen molar-refractivity contribution >= 4 is 29.9 Å². The van der Waals surface area contributed by atoms with Gasteiger partial charge in [0.05, 0.1) is 13.7 Å². The van der Waals surface area contributed by atoms with Gasteiger partial charge in [-0.3, -0.25) is 4.99 Å². The quantitative estimate of drug-likeness (QED) is 0.294. The highest BCUT2D eigenvalue weighted by molar-refractivity contribution is 14.0. The van der Waals surface area contributed by atoms with Crippen molar-refractivity contribution in [3.63, 3.8) is 0 Å². The first-order chi connectivity index (χ1) is 10.7. The molecule has 2 rings (SSSR count). The third-order valence-electron chi connectivity index (χ3n) is 3.68. The molecule has 0 radical (unpaired) electrons. The molecule has 0 aromatic carbocycles. The van der Waals surface area contributed by atoms with Crippen molar-refractivity contribution in [3.8, 4) is 5.88 Å². The molecule has 0 aliphatic heterocycles. The van der Waals surface area contributed by atoms with Gasteiger partial charge in [-0.25, -0.2) is 4.98 Å². The molecule has 0 atom stereocenters. The molecule has 1 saturated carbocycles. The first kappa shape index (κ1) is 20.0. The van der Waals surface area contributed by atoms with E-state index in [1.165, 1.54) is 12.8 Å². The van der Waals surface area contributed by atoms with E-state index in [4.69, 9.17) is 9.47 Å². The zero-order chi connectivity index (χ0) is 15.8. The zero-order valence-electron chi connectivity index (χ0n) is 14.1. The normalized spacial score (nSPS) is 14.1. The monoisotopic (exact) mass is 434 g/mol. The summed E-state index contributed by atoms with van der Waals surface area (Å²) in [4.78, 5) is 10.6. The summed E-state index contributed by atoms with van der Waals surface area (Å²) in [5, 5.41) is 3.32. The van der Waals surface area contributed by atoms with Crippen LogP contribution in [0.4, 0.5) is 0 Å². The van der Waals surface area contributed by atoms with Crippen LogP contribution in [0.5, 0.6) is 5.88 Å². The molecule has 6 nitrogen and oxygen atoms in total. The minimum atomic E-state index is 0. The number of methoxy groups -OCH3 is 1. The summed E-state index contributed by atoms with van der Waals surface area (Å²) in [6.07, 6.45) is 4.37. The van der Waals surface area contributed by atoms with Crippen LogP contribution in [-0.4, -0.2) is 56.8 Å². The molecule has 130 valence electrons. The second-order valence-electron chi connectivity index (χ2n) is 5.51. The summed E-state index contributed by atoms with van der Waals surface area (Å²) < 4.78 is 10.9. The first-order valence-electron chi connectivity index (χ1n) is 7.72. The van der Waals surface area contributed by atoms with Gasteiger partial charge in [0.2, 0.25) is 5.88 Å². The van der Waals surface area contributed by atoms with Crippen LogP contribution < -0.4 is 10.1 Å². The summed E-state index contributed by atoms with van der Waals surface area (Å²) in [5.41, 5.74) is 1.00. The number of hydrogen-bond acceptors (Lipinski definition) is 4. The van der Waals surface area contributed by atoms with E-state index in [1.807, 2.05) is 19.2 Å². The van der Waals surface area contributed by atoms with Gasteiger partial charge in [-0.1, -0.05) is 6.07 Å². The molecule has 7 heteroatoms. The Hall–Kier alpha value is -1.09. The molecule has 0 bridgehead atoms. The third-order valence-corrected chi connectivity index (χ3v) is 3.68. The molecule has 0 amide bonds. The molecule has 1 heterocycles. The van der Waals surface area contributed by atoms with Gasteiger partial charge in [0.15, 0.2) is 5.96 Å². The van der Waals surface area contributed by atoms with E-state index in [0.717, 1.165) is 37.2 Å². The summed E-state index contributed by atoms with van der Waals surface area (Å²) in [6, 6.07) is 3.89. The predicted octanol–water partition coefficient (Wildman–Crippen LogP) is 2.14. The highest BCUT2D eigenvalue weighted by Crippen LogP contribution is 2.28. The Morgan fingerprint density at radius 2 is 2.26 bits per heavy atom. The van der Waals surface area contributed by atoms with Gasteiger partial charge >= 0.3 is 0 Å². The summed E-state index contributed by atoms with van der Waals surface area (Å²) in [5.74, 6) is 2.28. The Kier molecular flexibility index (Phi) is 9.23. The van der Waals surface area contributed by atoms with E-state index in [0.29, 0.717) is 12.4 Å².